The molecule has 0 N–H and O–H groups in total. The van der Waals surface area contributed by atoms with Gasteiger partial charge in [-0.1, -0.05) is 23.9 Å². The quantitative estimate of drug-likeness (QED) is 0.378. The molecule has 0 aliphatic carbocycles. The number of benzene rings is 2. The van der Waals surface area contributed by atoms with Crippen molar-refractivity contribution in [1.29, 1.82) is 0 Å². The second-order valence-electron chi connectivity index (χ2n) is 3.65. The Labute approximate surface area is 193 Å². The fraction of sp³-hybridized carbons (Fsp3) is 0. The molecular weight excluding hydrogens is 365 g/mol. The van der Waals surface area contributed by atoms with Crippen LogP contribution in [0.15, 0.2) is 40.1 Å². The summed E-state index contributed by atoms with van der Waals surface area (Å²) < 4.78 is 66.2. The maximum atomic E-state index is 11.6. The molecule has 0 aliphatic heterocycles. The van der Waals surface area contributed by atoms with Crippen LogP contribution in [0.3, 0.4) is 0 Å². The Kier molecular flexibility index (Phi) is 10.6. The SMILES string of the molecule is O=S(=O)([O-])c1ccc([O-])c2c(S(=O)(=O)[O-])cccc12.[Na+].[Na+].[Na+]. The zero-order chi connectivity index (χ0) is 14.4. The molecule has 0 atom stereocenters. The minimum absolute atomic E-state index is 0. The molecule has 22 heavy (non-hydrogen) atoms. The summed E-state index contributed by atoms with van der Waals surface area (Å²) in [5.41, 5.74) is 0. The van der Waals surface area contributed by atoms with Crippen molar-refractivity contribution < 1.29 is 120 Å². The largest absolute Gasteiger partial charge is 1.00 e. The van der Waals surface area contributed by atoms with E-state index in [4.69, 9.17) is 0 Å². The fourth-order valence-electron chi connectivity index (χ4n) is 1.74. The Hall–Kier alpha value is 1.32. The van der Waals surface area contributed by atoms with Crippen molar-refractivity contribution in [1.82, 2.24) is 0 Å². The summed E-state index contributed by atoms with van der Waals surface area (Å²) in [6.45, 7) is 0. The summed E-state index contributed by atoms with van der Waals surface area (Å²) in [7, 11) is -9.86. The van der Waals surface area contributed by atoms with Gasteiger partial charge < -0.3 is 14.2 Å². The van der Waals surface area contributed by atoms with E-state index in [1.807, 2.05) is 0 Å². The first-order chi connectivity index (χ1) is 8.62. The molecule has 0 aromatic heterocycles. The molecule has 102 valence electrons. The predicted octanol–water partition coefficient (Wildman–Crippen LogP) is -9.27. The molecule has 12 heteroatoms. The number of hydrogen-bond donors (Lipinski definition) is 0. The molecule has 7 nitrogen and oxygen atoms in total. The van der Waals surface area contributed by atoms with Crippen molar-refractivity contribution in [3.63, 3.8) is 0 Å². The van der Waals surface area contributed by atoms with Crippen LogP contribution in [0.5, 0.6) is 5.75 Å². The number of hydrogen-bond acceptors (Lipinski definition) is 7. The van der Waals surface area contributed by atoms with Crippen molar-refractivity contribution in [2.24, 2.45) is 0 Å². The normalized spacial score (nSPS) is 11.0. The Morgan fingerprint density at radius 2 is 1.23 bits per heavy atom. The van der Waals surface area contributed by atoms with Crippen LogP contribution in [0.1, 0.15) is 0 Å². The maximum Gasteiger partial charge on any atom is 1.00 e. The van der Waals surface area contributed by atoms with Crippen molar-refractivity contribution >= 4 is 31.0 Å². The van der Waals surface area contributed by atoms with Gasteiger partial charge in [0.05, 0.1) is 9.79 Å². The second kappa shape index (κ2) is 9.14. The van der Waals surface area contributed by atoms with E-state index in [-0.39, 0.29) is 94.1 Å². The van der Waals surface area contributed by atoms with Crippen LogP contribution in [0.4, 0.5) is 0 Å². The monoisotopic (exact) mass is 370 g/mol. The minimum atomic E-state index is -4.96. The van der Waals surface area contributed by atoms with Gasteiger partial charge in [-0.2, -0.15) is 0 Å². The maximum absolute atomic E-state index is 11.6. The van der Waals surface area contributed by atoms with Gasteiger partial charge >= 0.3 is 88.7 Å². The third kappa shape index (κ3) is 5.41. The average molecular weight is 370 g/mol. The summed E-state index contributed by atoms with van der Waals surface area (Å²) in [4.78, 5) is -1.59. The zero-order valence-corrected chi connectivity index (χ0v) is 19.7. The third-order valence-corrected chi connectivity index (χ3v) is 4.24. The van der Waals surface area contributed by atoms with Gasteiger partial charge in [0.2, 0.25) is 0 Å². The van der Waals surface area contributed by atoms with Gasteiger partial charge in [0, 0.05) is 0 Å². The zero-order valence-electron chi connectivity index (χ0n) is 12.1. The van der Waals surface area contributed by atoms with Gasteiger partial charge in [-0.25, -0.2) is 16.8 Å². The molecule has 0 saturated carbocycles. The van der Waals surface area contributed by atoms with Crippen LogP contribution in [0.25, 0.3) is 10.8 Å². The van der Waals surface area contributed by atoms with E-state index in [1.54, 1.807) is 0 Å². The molecule has 0 fully saturated rings. The van der Waals surface area contributed by atoms with Crippen LogP contribution in [-0.4, -0.2) is 25.9 Å². The van der Waals surface area contributed by atoms with Gasteiger partial charge in [0.25, 0.3) is 0 Å². The van der Waals surface area contributed by atoms with E-state index in [0.29, 0.717) is 0 Å². The van der Waals surface area contributed by atoms with Gasteiger partial charge in [0.15, 0.2) is 0 Å². The van der Waals surface area contributed by atoms with E-state index in [0.717, 1.165) is 30.3 Å². The van der Waals surface area contributed by atoms with E-state index in [1.165, 1.54) is 0 Å². The van der Waals surface area contributed by atoms with Crippen LogP contribution in [-0.2, 0) is 20.2 Å². The first kappa shape index (κ1) is 25.6. The molecule has 0 amide bonds. The summed E-state index contributed by atoms with van der Waals surface area (Å²) in [6, 6.07) is 4.58. The molecule has 0 spiro atoms. The van der Waals surface area contributed by atoms with Gasteiger partial charge in [-0.3, -0.25) is 0 Å². The van der Waals surface area contributed by atoms with Crippen molar-refractivity contribution in [3.05, 3.63) is 30.3 Å². The molecule has 0 heterocycles. The van der Waals surface area contributed by atoms with E-state index < -0.39 is 41.2 Å². The Balaban J connectivity index is 0. The standard InChI is InChI=1S/C10H8O7S2.3Na/c11-7-4-5-8(18(12,13)14)6-2-1-3-9(10(6)7)19(15,16)17;;;/h1-5,11H,(H,12,13,14)(H,15,16,17);;;/q;3*+1/p-3. The van der Waals surface area contributed by atoms with Gasteiger partial charge in [-0.05, 0) is 22.9 Å². The summed E-state index contributed by atoms with van der Waals surface area (Å²) >= 11 is 0. The molecule has 0 aliphatic rings. The van der Waals surface area contributed by atoms with Crippen molar-refractivity contribution in [3.8, 4) is 5.75 Å². The van der Waals surface area contributed by atoms with E-state index in [9.17, 15) is 31.0 Å². The predicted molar refractivity (Wildman–Crippen MR) is 59.3 cm³/mol. The smallest absolute Gasteiger partial charge is 0.872 e. The molecule has 0 saturated heterocycles. The molecular formula is C10H5Na3O7S2. The van der Waals surface area contributed by atoms with E-state index >= 15 is 0 Å². The van der Waals surface area contributed by atoms with Crippen molar-refractivity contribution in [2.45, 2.75) is 9.79 Å². The molecule has 2 rings (SSSR count). The number of rotatable bonds is 2. The summed E-state index contributed by atoms with van der Waals surface area (Å²) in [5, 5.41) is 10.7. The number of fused-ring (bicyclic) bond motifs is 1. The fourth-order valence-corrected chi connectivity index (χ4v) is 3.12. The Morgan fingerprint density at radius 3 is 1.68 bits per heavy atom. The van der Waals surface area contributed by atoms with Crippen LogP contribution in [0.2, 0.25) is 0 Å². The molecule has 0 bridgehead atoms. The molecule has 0 radical (unpaired) electrons. The first-order valence-electron chi connectivity index (χ1n) is 4.77. The first-order valence-corrected chi connectivity index (χ1v) is 7.58. The summed E-state index contributed by atoms with van der Waals surface area (Å²) in [6.07, 6.45) is 0. The second-order valence-corrected chi connectivity index (χ2v) is 6.34. The van der Waals surface area contributed by atoms with Gasteiger partial charge in [-0.15, -0.1) is 0 Å². The minimum Gasteiger partial charge on any atom is -0.872 e. The van der Waals surface area contributed by atoms with Crippen LogP contribution >= 0.6 is 0 Å². The average Bonchev–Trinajstić information content (AvgIpc) is 2.25. The van der Waals surface area contributed by atoms with Crippen molar-refractivity contribution in [2.75, 3.05) is 0 Å². The third-order valence-electron chi connectivity index (χ3n) is 2.46. The molecule has 2 aromatic carbocycles. The topological polar surface area (TPSA) is 137 Å². The van der Waals surface area contributed by atoms with Crippen LogP contribution in [0, 0.1) is 0 Å². The molecule has 2 aromatic rings. The Bertz CT molecular complexity index is 879. The van der Waals surface area contributed by atoms with E-state index in [2.05, 4.69) is 0 Å². The van der Waals surface area contributed by atoms with Crippen LogP contribution < -0.4 is 93.8 Å². The Morgan fingerprint density at radius 1 is 0.727 bits per heavy atom. The summed E-state index contributed by atoms with van der Waals surface area (Å²) in [5.74, 6) is -0.850. The van der Waals surface area contributed by atoms with Gasteiger partial charge in [0.1, 0.15) is 20.2 Å². The molecule has 0 unspecified atom stereocenters.